The molecule has 110 valence electrons. The van der Waals surface area contributed by atoms with Crippen LogP contribution in [0.3, 0.4) is 0 Å². The summed E-state index contributed by atoms with van der Waals surface area (Å²) in [5, 5.41) is 4.02. The molecule has 0 aromatic carbocycles. The van der Waals surface area contributed by atoms with E-state index in [4.69, 9.17) is 9.26 Å². The molecule has 21 heavy (non-hydrogen) atoms. The summed E-state index contributed by atoms with van der Waals surface area (Å²) in [5.74, 6) is 2.43. The van der Waals surface area contributed by atoms with E-state index in [1.165, 1.54) is 0 Å². The quantitative estimate of drug-likeness (QED) is 0.858. The van der Waals surface area contributed by atoms with Crippen LogP contribution in [0.5, 0.6) is 5.88 Å². The lowest BCUT2D eigenvalue weighted by Crippen LogP contribution is -2.12. The smallest absolute Gasteiger partial charge is 0.229 e. The van der Waals surface area contributed by atoms with Crippen molar-refractivity contribution >= 4 is 5.78 Å². The fraction of sp³-hybridized carbons (Fsp3) is 0.467. The summed E-state index contributed by atoms with van der Waals surface area (Å²) in [7, 11) is 1.59. The summed E-state index contributed by atoms with van der Waals surface area (Å²) < 4.78 is 10.4. The van der Waals surface area contributed by atoms with Crippen molar-refractivity contribution in [2.45, 2.75) is 38.0 Å². The molecule has 1 fully saturated rings. The van der Waals surface area contributed by atoms with Gasteiger partial charge in [0.25, 0.3) is 0 Å². The summed E-state index contributed by atoms with van der Waals surface area (Å²) in [5.41, 5.74) is 1.00. The fourth-order valence-electron chi connectivity index (χ4n) is 2.51. The zero-order valence-electron chi connectivity index (χ0n) is 11.9. The Morgan fingerprint density at radius 3 is 2.81 bits per heavy atom. The number of hydrogen-bond acceptors (Lipinski definition) is 6. The van der Waals surface area contributed by atoms with E-state index >= 15 is 0 Å². The lowest BCUT2D eigenvalue weighted by atomic mass is 9.88. The van der Waals surface area contributed by atoms with E-state index in [1.54, 1.807) is 13.3 Å². The Morgan fingerprint density at radius 2 is 2.14 bits per heavy atom. The predicted octanol–water partition coefficient (Wildman–Crippen LogP) is 2.29. The van der Waals surface area contributed by atoms with Crippen LogP contribution in [-0.2, 0) is 11.2 Å². The molecule has 0 saturated heterocycles. The first-order valence-electron chi connectivity index (χ1n) is 7.07. The van der Waals surface area contributed by atoms with Crippen molar-refractivity contribution in [3.8, 4) is 5.88 Å². The van der Waals surface area contributed by atoms with Gasteiger partial charge in [-0.2, -0.15) is 4.98 Å². The zero-order valence-corrected chi connectivity index (χ0v) is 11.9. The first-order chi connectivity index (χ1) is 10.2. The highest BCUT2D eigenvalue weighted by atomic mass is 16.5. The summed E-state index contributed by atoms with van der Waals surface area (Å²) in [6, 6.07) is 3.74. The van der Waals surface area contributed by atoms with Crippen molar-refractivity contribution in [1.82, 2.24) is 15.1 Å². The topological polar surface area (TPSA) is 78.1 Å². The van der Waals surface area contributed by atoms with Crippen LogP contribution in [0.15, 0.2) is 22.9 Å². The van der Waals surface area contributed by atoms with Crippen molar-refractivity contribution in [3.63, 3.8) is 0 Å². The van der Waals surface area contributed by atoms with E-state index in [2.05, 4.69) is 15.1 Å². The van der Waals surface area contributed by atoms with Crippen LogP contribution in [0.1, 0.15) is 48.9 Å². The lowest BCUT2D eigenvalue weighted by Gasteiger charge is -2.16. The second kappa shape index (κ2) is 6.03. The van der Waals surface area contributed by atoms with Crippen LogP contribution in [0.2, 0.25) is 0 Å². The van der Waals surface area contributed by atoms with Crippen LogP contribution in [-0.4, -0.2) is 28.0 Å². The molecule has 0 bridgehead atoms. The number of carbonyl (C=O) groups excluding carboxylic acids is 1. The number of nitrogens with zero attached hydrogens (tertiary/aromatic N) is 3. The van der Waals surface area contributed by atoms with E-state index < -0.39 is 0 Å². The van der Waals surface area contributed by atoms with Gasteiger partial charge < -0.3 is 9.26 Å². The van der Waals surface area contributed by atoms with E-state index in [0.717, 1.165) is 18.4 Å². The summed E-state index contributed by atoms with van der Waals surface area (Å²) in [6.45, 7) is 0. The maximum atomic E-state index is 11.3. The molecule has 2 aromatic heterocycles. The van der Waals surface area contributed by atoms with E-state index in [-0.39, 0.29) is 5.92 Å². The molecule has 1 aliphatic carbocycles. The van der Waals surface area contributed by atoms with Crippen molar-refractivity contribution in [2.75, 3.05) is 7.11 Å². The lowest BCUT2D eigenvalue weighted by molar-refractivity contribution is -0.120. The molecule has 0 radical (unpaired) electrons. The second-order valence-electron chi connectivity index (χ2n) is 5.25. The number of methoxy groups -OCH3 is 1. The molecule has 0 unspecified atom stereocenters. The molecule has 0 spiro atoms. The minimum Gasteiger partial charge on any atom is -0.481 e. The van der Waals surface area contributed by atoms with Gasteiger partial charge in [0.15, 0.2) is 5.82 Å². The summed E-state index contributed by atoms with van der Waals surface area (Å²) >= 11 is 0. The molecule has 0 N–H and O–H groups in total. The third-order valence-corrected chi connectivity index (χ3v) is 3.75. The normalized spacial score (nSPS) is 16.1. The number of ketones is 1. The third-order valence-electron chi connectivity index (χ3n) is 3.75. The Bertz CT molecular complexity index is 611. The van der Waals surface area contributed by atoms with Crippen molar-refractivity contribution in [3.05, 3.63) is 35.6 Å². The predicted molar refractivity (Wildman–Crippen MR) is 74.1 cm³/mol. The highest BCUT2D eigenvalue weighted by Crippen LogP contribution is 2.30. The van der Waals surface area contributed by atoms with Gasteiger partial charge >= 0.3 is 0 Å². The molecule has 0 atom stereocenters. The number of rotatable bonds is 4. The van der Waals surface area contributed by atoms with Gasteiger partial charge in [-0.3, -0.25) is 4.79 Å². The van der Waals surface area contributed by atoms with Crippen molar-refractivity contribution in [1.29, 1.82) is 0 Å². The molecule has 0 amide bonds. The second-order valence-corrected chi connectivity index (χ2v) is 5.25. The highest BCUT2D eigenvalue weighted by Gasteiger charge is 2.24. The van der Waals surface area contributed by atoms with Crippen molar-refractivity contribution < 1.29 is 14.1 Å². The molecular formula is C15H17N3O3. The number of carbonyl (C=O) groups is 1. The molecule has 2 aromatic rings. The Labute approximate surface area is 122 Å². The average molecular weight is 287 g/mol. The standard InChI is InChI=1S/C15H17N3O3/c1-20-14-7-2-10(9-16-14)8-13-17-15(21-18-13)11-3-5-12(19)6-4-11/h2,7,9,11H,3-6,8H2,1H3. The van der Waals surface area contributed by atoms with E-state index in [0.29, 0.717) is 42.6 Å². The minimum atomic E-state index is 0.220. The molecular weight excluding hydrogens is 270 g/mol. The van der Waals surface area contributed by atoms with Crippen LogP contribution in [0, 0.1) is 0 Å². The van der Waals surface area contributed by atoms with Gasteiger partial charge in [-0.25, -0.2) is 4.98 Å². The Hall–Kier alpha value is -2.24. The number of pyridine rings is 1. The number of aromatic nitrogens is 3. The van der Waals surface area contributed by atoms with Crippen LogP contribution >= 0.6 is 0 Å². The van der Waals surface area contributed by atoms with Crippen LogP contribution in [0.25, 0.3) is 0 Å². The van der Waals surface area contributed by atoms with Gasteiger partial charge in [0.1, 0.15) is 5.78 Å². The Balaban J connectivity index is 1.65. The number of Topliss-reactive ketones (excluding diaryl/α,β-unsaturated/α-hetero) is 1. The first kappa shape index (κ1) is 13.7. The molecule has 3 rings (SSSR count). The highest BCUT2D eigenvalue weighted by molar-refractivity contribution is 5.79. The largest absolute Gasteiger partial charge is 0.481 e. The first-order valence-corrected chi connectivity index (χ1v) is 7.07. The number of hydrogen-bond donors (Lipinski definition) is 0. The SMILES string of the molecule is COc1ccc(Cc2noc(C3CCC(=O)CC3)n2)cn1. The van der Waals surface area contributed by atoms with Crippen LogP contribution in [0.4, 0.5) is 0 Å². The molecule has 0 aliphatic heterocycles. The van der Waals surface area contributed by atoms with Gasteiger partial charge in [0, 0.05) is 37.4 Å². The minimum absolute atomic E-state index is 0.220. The molecule has 6 heteroatoms. The van der Waals surface area contributed by atoms with Crippen molar-refractivity contribution in [2.24, 2.45) is 0 Å². The zero-order chi connectivity index (χ0) is 14.7. The molecule has 6 nitrogen and oxygen atoms in total. The molecule has 1 saturated carbocycles. The van der Waals surface area contributed by atoms with Gasteiger partial charge in [-0.15, -0.1) is 0 Å². The third kappa shape index (κ3) is 3.26. The van der Waals surface area contributed by atoms with E-state index in [1.807, 2.05) is 12.1 Å². The fourth-order valence-corrected chi connectivity index (χ4v) is 2.51. The average Bonchev–Trinajstić information content (AvgIpc) is 2.97. The summed E-state index contributed by atoms with van der Waals surface area (Å²) in [6.07, 6.45) is 5.17. The summed E-state index contributed by atoms with van der Waals surface area (Å²) in [4.78, 5) is 19.9. The van der Waals surface area contributed by atoms with E-state index in [9.17, 15) is 4.79 Å². The molecule has 1 aliphatic rings. The Kier molecular flexibility index (Phi) is 3.94. The van der Waals surface area contributed by atoms with Gasteiger partial charge in [0.2, 0.25) is 11.8 Å². The monoisotopic (exact) mass is 287 g/mol. The Morgan fingerprint density at radius 1 is 1.33 bits per heavy atom. The van der Waals surface area contributed by atoms with Gasteiger partial charge in [-0.05, 0) is 18.4 Å². The number of ether oxygens (including phenoxy) is 1. The maximum Gasteiger partial charge on any atom is 0.229 e. The van der Waals surface area contributed by atoms with Crippen LogP contribution < -0.4 is 4.74 Å². The molecule has 2 heterocycles. The van der Waals surface area contributed by atoms with Gasteiger partial charge in [-0.1, -0.05) is 11.2 Å². The van der Waals surface area contributed by atoms with Gasteiger partial charge in [0.05, 0.1) is 7.11 Å². The maximum absolute atomic E-state index is 11.3.